The second-order valence-electron chi connectivity index (χ2n) is 37.2. The van der Waals surface area contributed by atoms with E-state index in [1.165, 1.54) is 192 Å². The molecule has 18 rings (SSSR count). The first kappa shape index (κ1) is 68.3. The summed E-state index contributed by atoms with van der Waals surface area (Å²) in [6.45, 7) is 28.4. The molecule has 0 amide bonds. The number of allylic oxidation sites excluding steroid dienone is 8. The maximum absolute atomic E-state index is 3.07. The number of hydrogen-bond acceptors (Lipinski definition) is 2. The predicted octanol–water partition coefficient (Wildman–Crippen LogP) is 25.3. The largest absolute Gasteiger partial charge is 0.334 e. The highest BCUT2D eigenvalue weighted by atomic mass is 15.2. The van der Waals surface area contributed by atoms with E-state index in [1.807, 2.05) is 0 Å². The summed E-state index contributed by atoms with van der Waals surface area (Å²) in [6.07, 6.45) is 42.3. The molecule has 0 bridgehead atoms. The van der Waals surface area contributed by atoms with Crippen molar-refractivity contribution in [3.8, 4) is 22.5 Å². The fourth-order valence-electron chi connectivity index (χ4n) is 20.9. The average molecular weight is 1380 g/mol. The van der Waals surface area contributed by atoms with Crippen LogP contribution >= 0.6 is 0 Å². The minimum Gasteiger partial charge on any atom is -0.334 e. The van der Waals surface area contributed by atoms with E-state index in [2.05, 4.69) is 302 Å². The van der Waals surface area contributed by atoms with Crippen LogP contribution in [0.25, 0.3) is 66.1 Å². The first-order valence-electron chi connectivity index (χ1n) is 41.0. The van der Waals surface area contributed by atoms with Crippen LogP contribution in [-0.2, 0) is 21.7 Å². The number of nitrogens with zero attached hydrogens (tertiary/aromatic N) is 4. The summed E-state index contributed by atoms with van der Waals surface area (Å²) in [6, 6.07) is 62.9. The van der Waals surface area contributed by atoms with Crippen LogP contribution in [0.1, 0.15) is 221 Å². The van der Waals surface area contributed by atoms with Crippen LogP contribution in [0.15, 0.2) is 223 Å². The molecule has 0 fully saturated rings. The molecule has 0 spiro atoms. The second-order valence-corrected chi connectivity index (χ2v) is 37.2. The normalized spacial score (nSPS) is 22.3. The van der Waals surface area contributed by atoms with E-state index < -0.39 is 0 Å². The molecule has 0 radical (unpaired) electrons. The highest BCUT2D eigenvalue weighted by Crippen LogP contribution is 2.54. The standard InChI is InChI=1S/C100H111BN4/c1-97(2,3)70-44-52-86-80(58-70)81-59-71(98(4,5)6)45-53-87(81)102(86)74-48-50-84-90(62-74)104(95-76(65-32-20-14-21-33-65)40-28-41-77(95)66-34-22-15-23-35-66)92-56-69(64-30-18-13-19-31-64)57-93-94(92)101(84)85-51-49-75(103-88-54-46-72(99(7,8)9)60-82(88)83-61-73(100(10,11)12)47-55-89(83)103)63-91(85)105(93)96-78(67-36-24-16-25-37-67)42-29-43-79(96)68-38-26-17-27-39-68/h13-14,16,18-20,24,30-31,34,38,40,42,44-63,65,67,77,79,95-96H,15,17,21-23,25-29,32-33,35-37,39,41,43H2,1-12H3. The van der Waals surface area contributed by atoms with Crippen LogP contribution in [0.3, 0.4) is 0 Å². The quantitative estimate of drug-likeness (QED) is 0.106. The Labute approximate surface area is 627 Å². The molecule has 8 aromatic carbocycles. The first-order valence-corrected chi connectivity index (χ1v) is 41.0. The zero-order valence-corrected chi connectivity index (χ0v) is 65.1. The third kappa shape index (κ3) is 11.8. The molecule has 5 heteroatoms. The number of hydrogen-bond donors (Lipinski definition) is 0. The van der Waals surface area contributed by atoms with Gasteiger partial charge in [0.25, 0.3) is 6.71 Å². The molecular weight excluding hydrogens is 1270 g/mol. The van der Waals surface area contributed by atoms with Crippen LogP contribution in [0.2, 0.25) is 0 Å². The lowest BCUT2D eigenvalue weighted by Gasteiger charge is -2.53. The molecule has 105 heavy (non-hydrogen) atoms. The first-order chi connectivity index (χ1) is 50.6. The van der Waals surface area contributed by atoms with Crippen molar-refractivity contribution < 1.29 is 0 Å². The summed E-state index contributed by atoms with van der Waals surface area (Å²) in [5.41, 5.74) is 32.2. The zero-order chi connectivity index (χ0) is 72.0. The number of rotatable bonds is 9. The Morgan fingerprint density at radius 1 is 0.343 bits per heavy atom. The van der Waals surface area contributed by atoms with Gasteiger partial charge in [-0.15, -0.1) is 0 Å². The average Bonchev–Trinajstić information content (AvgIpc) is 1.14. The number of benzene rings is 8. The summed E-state index contributed by atoms with van der Waals surface area (Å²) < 4.78 is 5.32. The van der Waals surface area contributed by atoms with Crippen LogP contribution in [0, 0.1) is 23.7 Å². The molecule has 0 saturated heterocycles. The molecule has 6 atom stereocenters. The van der Waals surface area contributed by atoms with Crippen molar-refractivity contribution in [2.75, 3.05) is 9.80 Å². The smallest absolute Gasteiger partial charge is 0.252 e. The van der Waals surface area contributed by atoms with Crippen molar-refractivity contribution in [1.82, 2.24) is 9.13 Å². The Balaban J connectivity index is 0.970. The fourth-order valence-corrected chi connectivity index (χ4v) is 20.9. The van der Waals surface area contributed by atoms with Crippen molar-refractivity contribution in [2.45, 2.75) is 232 Å². The van der Waals surface area contributed by atoms with Gasteiger partial charge in [0.05, 0.1) is 34.2 Å². The minimum atomic E-state index is -0.0638. The molecular formula is C100H111BN4. The lowest BCUT2D eigenvalue weighted by molar-refractivity contribution is 0.391. The lowest BCUT2D eigenvalue weighted by atomic mass is 9.33. The van der Waals surface area contributed by atoms with Gasteiger partial charge >= 0.3 is 0 Å². The SMILES string of the molecule is CC(C)(C)c1ccc2c(c1)c1cc(C(C)(C)C)ccc1n2-c1ccc2c(c1)N(C1C(C3CC=CCC3)=CCCC1C1=CCCCC1)c1cc(-c3ccccc3)cc3c1B2c1ccc(-n2c4ccc(C(C)(C)C)cc4c4cc(C(C)(C)C)ccc42)cc1N3C1C(C2CC=CCC2)=CCCC1C1=CCCCC1. The highest BCUT2D eigenvalue weighted by molar-refractivity contribution is 7.00. The van der Waals surface area contributed by atoms with Gasteiger partial charge in [-0.05, 0) is 295 Å². The fraction of sp³-hybridized carbons (Fsp3) is 0.400. The van der Waals surface area contributed by atoms with Gasteiger partial charge in [0.15, 0.2) is 0 Å². The van der Waals surface area contributed by atoms with E-state index in [9.17, 15) is 0 Å². The van der Waals surface area contributed by atoms with Crippen molar-refractivity contribution in [3.05, 3.63) is 245 Å². The zero-order valence-electron chi connectivity index (χ0n) is 65.1. The van der Waals surface area contributed by atoms with E-state index in [1.54, 1.807) is 22.3 Å². The van der Waals surface area contributed by atoms with E-state index >= 15 is 0 Å². The highest BCUT2D eigenvalue weighted by Gasteiger charge is 2.51. The third-order valence-electron chi connectivity index (χ3n) is 26.5. The minimum absolute atomic E-state index is 0.0103. The molecule has 2 aromatic heterocycles. The maximum atomic E-state index is 3.07. The number of anilines is 4. The van der Waals surface area contributed by atoms with Crippen molar-refractivity contribution in [1.29, 1.82) is 0 Å². The molecule has 0 saturated carbocycles. The van der Waals surface area contributed by atoms with Crippen molar-refractivity contribution in [3.63, 3.8) is 0 Å². The summed E-state index contributed by atoms with van der Waals surface area (Å²) in [5, 5.41) is 5.33. The van der Waals surface area contributed by atoms with E-state index in [-0.39, 0.29) is 40.5 Å². The Kier molecular flexibility index (Phi) is 17.0. The van der Waals surface area contributed by atoms with Gasteiger partial charge in [0, 0.05) is 67.5 Å². The van der Waals surface area contributed by atoms with Crippen LogP contribution in [0.4, 0.5) is 22.7 Å². The van der Waals surface area contributed by atoms with E-state index in [4.69, 9.17) is 0 Å². The van der Waals surface area contributed by atoms with Gasteiger partial charge in [-0.2, -0.15) is 0 Å². The molecule has 0 N–H and O–H groups in total. The van der Waals surface area contributed by atoms with Gasteiger partial charge in [-0.3, -0.25) is 0 Å². The monoisotopic (exact) mass is 1380 g/mol. The summed E-state index contributed by atoms with van der Waals surface area (Å²) in [5.74, 6) is 1.68. The summed E-state index contributed by atoms with van der Waals surface area (Å²) in [4.78, 5) is 6.15. The maximum Gasteiger partial charge on any atom is 0.252 e. The molecule has 6 unspecified atom stereocenters. The van der Waals surface area contributed by atoms with E-state index in [0.29, 0.717) is 23.7 Å². The summed E-state index contributed by atoms with van der Waals surface area (Å²) in [7, 11) is 0. The van der Waals surface area contributed by atoms with E-state index in [0.717, 1.165) is 51.4 Å². The van der Waals surface area contributed by atoms with Crippen LogP contribution in [0.5, 0.6) is 0 Å². The molecule has 4 heterocycles. The Bertz CT molecular complexity index is 4860. The van der Waals surface area contributed by atoms with Gasteiger partial charge in [0.1, 0.15) is 0 Å². The Morgan fingerprint density at radius 3 is 1.10 bits per heavy atom. The second kappa shape index (κ2) is 26.2. The molecule has 6 aliphatic carbocycles. The topological polar surface area (TPSA) is 16.3 Å². The molecule has 10 aromatic rings. The molecule has 534 valence electrons. The van der Waals surface area contributed by atoms with Gasteiger partial charge in [-0.1, -0.05) is 210 Å². The molecule has 8 aliphatic rings. The third-order valence-corrected chi connectivity index (χ3v) is 26.5. The Hall–Kier alpha value is -8.54. The number of fused-ring (bicyclic) bond motifs is 10. The molecule has 4 nitrogen and oxygen atoms in total. The Morgan fingerprint density at radius 2 is 0.743 bits per heavy atom. The van der Waals surface area contributed by atoms with Crippen molar-refractivity contribution >= 4 is 89.5 Å². The number of aromatic nitrogens is 2. The van der Waals surface area contributed by atoms with Crippen LogP contribution < -0.4 is 26.2 Å². The lowest BCUT2D eigenvalue weighted by Crippen LogP contribution is -2.65. The predicted molar refractivity (Wildman–Crippen MR) is 452 cm³/mol. The van der Waals surface area contributed by atoms with Gasteiger partial charge < -0.3 is 18.9 Å². The van der Waals surface area contributed by atoms with Crippen molar-refractivity contribution in [2.24, 2.45) is 23.7 Å². The van der Waals surface area contributed by atoms with Crippen LogP contribution in [-0.4, -0.2) is 27.9 Å². The van der Waals surface area contributed by atoms with Gasteiger partial charge in [0.2, 0.25) is 0 Å². The van der Waals surface area contributed by atoms with Gasteiger partial charge in [-0.25, -0.2) is 0 Å². The molecule has 2 aliphatic heterocycles. The summed E-state index contributed by atoms with van der Waals surface area (Å²) >= 11 is 0.